The first-order valence-corrected chi connectivity index (χ1v) is 10.2. The second-order valence-electron chi connectivity index (χ2n) is 6.52. The van der Waals surface area contributed by atoms with Gasteiger partial charge in [-0.15, -0.1) is 0 Å². The van der Waals surface area contributed by atoms with E-state index in [2.05, 4.69) is 27.2 Å². The van der Waals surface area contributed by atoms with Crippen LogP contribution in [0, 0.1) is 21.4 Å². The fourth-order valence-electron chi connectivity index (χ4n) is 2.78. The Morgan fingerprint density at radius 3 is 2.59 bits per heavy atom. The molecule has 0 heterocycles. The highest BCUT2D eigenvalue weighted by molar-refractivity contribution is 9.10. The smallest absolute Gasteiger partial charge is 0.269 e. The molecule has 0 spiro atoms. The van der Waals surface area contributed by atoms with Crippen LogP contribution in [0.1, 0.15) is 22.3 Å². The van der Waals surface area contributed by atoms with Gasteiger partial charge in [-0.2, -0.15) is 5.26 Å². The molecule has 0 saturated heterocycles. The molecule has 0 aromatic heterocycles. The van der Waals surface area contributed by atoms with Gasteiger partial charge in [-0.3, -0.25) is 10.1 Å². The van der Waals surface area contributed by atoms with Gasteiger partial charge in [-0.05, 0) is 51.8 Å². The van der Waals surface area contributed by atoms with Crippen molar-refractivity contribution in [1.29, 1.82) is 5.26 Å². The molecule has 0 atom stereocenters. The van der Waals surface area contributed by atoms with Gasteiger partial charge in [0, 0.05) is 23.3 Å². The first-order chi connectivity index (χ1) is 15.5. The van der Waals surface area contributed by atoms with Crippen LogP contribution in [0.5, 0.6) is 11.5 Å². The Hall–Kier alpha value is -3.90. The largest absolute Gasteiger partial charge is 0.493 e. The van der Waals surface area contributed by atoms with Crippen LogP contribution in [0.2, 0.25) is 0 Å². The van der Waals surface area contributed by atoms with Crippen LogP contribution >= 0.6 is 15.9 Å². The van der Waals surface area contributed by atoms with E-state index >= 15 is 0 Å². The average molecular weight is 496 g/mol. The second-order valence-corrected chi connectivity index (χ2v) is 7.38. The predicted molar refractivity (Wildman–Crippen MR) is 122 cm³/mol. The molecule has 0 aliphatic rings. The van der Waals surface area contributed by atoms with Gasteiger partial charge >= 0.3 is 0 Å². The summed E-state index contributed by atoms with van der Waals surface area (Å²) in [4.78, 5) is 15.6. The molecule has 3 rings (SSSR count). The zero-order valence-corrected chi connectivity index (χ0v) is 18.6. The summed E-state index contributed by atoms with van der Waals surface area (Å²) >= 11 is 3.47. The maximum Gasteiger partial charge on any atom is 0.269 e. The van der Waals surface area contributed by atoms with Crippen molar-refractivity contribution >= 4 is 27.8 Å². The molecule has 3 aromatic rings. The number of rotatable bonds is 9. The van der Waals surface area contributed by atoms with Crippen molar-refractivity contribution in [2.24, 2.45) is 5.16 Å². The maximum absolute atomic E-state index is 10.8. The average Bonchev–Trinajstić information content (AvgIpc) is 2.81. The standard InChI is InChI=1S/C23H18BrN3O5/c1-30-22-11-17(13-26-32-15-19-5-3-2-4-18(19)12-25)10-21(24)23(22)31-14-16-6-8-20(9-7-16)27(28)29/h2-11,13H,14-15H2,1H3/b26-13-. The van der Waals surface area contributed by atoms with Crippen LogP contribution in [0.4, 0.5) is 5.69 Å². The molecular formula is C23H18BrN3O5. The molecule has 3 aromatic carbocycles. The highest BCUT2D eigenvalue weighted by Gasteiger charge is 2.12. The Kier molecular flexibility index (Phi) is 7.78. The van der Waals surface area contributed by atoms with Gasteiger partial charge in [0.1, 0.15) is 13.2 Å². The Morgan fingerprint density at radius 2 is 1.91 bits per heavy atom. The number of methoxy groups -OCH3 is 1. The number of ether oxygens (including phenoxy) is 2. The number of benzene rings is 3. The Balaban J connectivity index is 1.65. The molecule has 0 aliphatic carbocycles. The van der Waals surface area contributed by atoms with Crippen molar-refractivity contribution in [3.8, 4) is 17.6 Å². The Labute approximate surface area is 192 Å². The summed E-state index contributed by atoms with van der Waals surface area (Å²) in [5, 5.41) is 23.8. The van der Waals surface area contributed by atoms with Crippen molar-refractivity contribution in [3.05, 3.63) is 97.5 Å². The number of oxime groups is 1. The lowest BCUT2D eigenvalue weighted by Crippen LogP contribution is -2.00. The lowest BCUT2D eigenvalue weighted by atomic mass is 10.1. The van der Waals surface area contributed by atoms with Gasteiger partial charge in [-0.25, -0.2) is 0 Å². The first-order valence-electron chi connectivity index (χ1n) is 9.39. The number of nitro benzene ring substituents is 1. The fourth-order valence-corrected chi connectivity index (χ4v) is 3.36. The van der Waals surface area contributed by atoms with E-state index in [0.29, 0.717) is 27.1 Å². The molecule has 32 heavy (non-hydrogen) atoms. The molecule has 0 N–H and O–H groups in total. The van der Waals surface area contributed by atoms with Crippen molar-refractivity contribution in [2.75, 3.05) is 7.11 Å². The van der Waals surface area contributed by atoms with E-state index in [1.54, 1.807) is 36.4 Å². The SMILES string of the molecule is COc1cc(/C=N\OCc2ccccc2C#N)cc(Br)c1OCc1ccc([N+](=O)[O-])cc1. The lowest BCUT2D eigenvalue weighted by molar-refractivity contribution is -0.384. The van der Waals surface area contributed by atoms with Crippen LogP contribution in [0.3, 0.4) is 0 Å². The van der Waals surface area contributed by atoms with Gasteiger partial charge in [0.05, 0.1) is 34.4 Å². The minimum atomic E-state index is -0.448. The van der Waals surface area contributed by atoms with Crippen LogP contribution in [-0.2, 0) is 18.1 Å². The second kappa shape index (κ2) is 10.9. The molecule has 8 nitrogen and oxygen atoms in total. The quantitative estimate of drug-likeness (QED) is 0.224. The van der Waals surface area contributed by atoms with E-state index in [1.807, 2.05) is 12.1 Å². The van der Waals surface area contributed by atoms with Gasteiger partial charge in [0.25, 0.3) is 5.69 Å². The number of non-ortho nitro benzene ring substituents is 1. The third-order valence-electron chi connectivity index (χ3n) is 4.42. The van der Waals surface area contributed by atoms with Crippen molar-refractivity contribution in [2.45, 2.75) is 13.2 Å². The Morgan fingerprint density at radius 1 is 1.16 bits per heavy atom. The van der Waals surface area contributed by atoms with Crippen molar-refractivity contribution in [3.63, 3.8) is 0 Å². The minimum absolute atomic E-state index is 0.0227. The number of hydrogen-bond acceptors (Lipinski definition) is 7. The topological polar surface area (TPSA) is 107 Å². The summed E-state index contributed by atoms with van der Waals surface area (Å²) < 4.78 is 11.9. The molecule has 9 heteroatoms. The minimum Gasteiger partial charge on any atom is -0.493 e. The number of hydrogen-bond donors (Lipinski definition) is 0. The predicted octanol–water partition coefficient (Wildman–Crippen LogP) is 5.37. The normalized spacial score (nSPS) is 10.5. The lowest BCUT2D eigenvalue weighted by Gasteiger charge is -2.13. The van der Waals surface area contributed by atoms with Gasteiger partial charge in [0.2, 0.25) is 0 Å². The van der Waals surface area contributed by atoms with E-state index < -0.39 is 4.92 Å². The summed E-state index contributed by atoms with van der Waals surface area (Å²) in [5.74, 6) is 0.976. The summed E-state index contributed by atoms with van der Waals surface area (Å²) in [5.41, 5.74) is 2.81. The summed E-state index contributed by atoms with van der Waals surface area (Å²) in [6.07, 6.45) is 1.53. The number of nitro groups is 1. The molecule has 0 bridgehead atoms. The van der Waals surface area contributed by atoms with E-state index in [1.165, 1.54) is 25.5 Å². The maximum atomic E-state index is 10.8. The van der Waals surface area contributed by atoms with Crippen LogP contribution in [-0.4, -0.2) is 18.2 Å². The third kappa shape index (κ3) is 5.83. The zero-order valence-electron chi connectivity index (χ0n) is 17.0. The zero-order chi connectivity index (χ0) is 22.9. The molecule has 162 valence electrons. The van der Waals surface area contributed by atoms with Crippen molar-refractivity contribution < 1.29 is 19.2 Å². The Bertz CT molecular complexity index is 1170. The molecule has 0 radical (unpaired) electrons. The molecule has 0 saturated carbocycles. The molecular weight excluding hydrogens is 478 g/mol. The summed E-state index contributed by atoms with van der Waals surface area (Å²) in [6, 6.07) is 19.0. The van der Waals surface area contributed by atoms with Crippen molar-refractivity contribution in [1.82, 2.24) is 0 Å². The van der Waals surface area contributed by atoms with Crippen LogP contribution in [0.15, 0.2) is 70.3 Å². The van der Waals surface area contributed by atoms with Crippen LogP contribution in [0.25, 0.3) is 0 Å². The van der Waals surface area contributed by atoms with Gasteiger partial charge in [-0.1, -0.05) is 23.4 Å². The van der Waals surface area contributed by atoms with Gasteiger partial charge < -0.3 is 14.3 Å². The van der Waals surface area contributed by atoms with E-state index in [0.717, 1.165) is 11.1 Å². The van der Waals surface area contributed by atoms with Gasteiger partial charge in [0.15, 0.2) is 11.5 Å². The monoisotopic (exact) mass is 495 g/mol. The fraction of sp³-hybridized carbons (Fsp3) is 0.130. The van der Waals surface area contributed by atoms with E-state index in [9.17, 15) is 10.1 Å². The third-order valence-corrected chi connectivity index (χ3v) is 5.01. The number of nitriles is 1. The van der Waals surface area contributed by atoms with Crippen LogP contribution < -0.4 is 9.47 Å². The van der Waals surface area contributed by atoms with E-state index in [4.69, 9.17) is 19.6 Å². The molecule has 0 amide bonds. The number of halogens is 1. The number of nitrogens with zero attached hydrogens (tertiary/aromatic N) is 3. The molecule has 0 aliphatic heterocycles. The highest BCUT2D eigenvalue weighted by atomic mass is 79.9. The summed E-state index contributed by atoms with van der Waals surface area (Å²) in [7, 11) is 1.52. The molecule has 0 fully saturated rings. The summed E-state index contributed by atoms with van der Waals surface area (Å²) in [6.45, 7) is 0.386. The first kappa shape index (κ1) is 22.8. The molecule has 0 unspecified atom stereocenters. The van der Waals surface area contributed by atoms with E-state index in [-0.39, 0.29) is 18.9 Å². The highest BCUT2D eigenvalue weighted by Crippen LogP contribution is 2.37.